The van der Waals surface area contributed by atoms with Crippen molar-refractivity contribution in [2.75, 3.05) is 37.6 Å². The highest BCUT2D eigenvalue weighted by molar-refractivity contribution is 5.90. The maximum Gasteiger partial charge on any atom is 0.158 e. The fraction of sp³-hybridized carbons (Fsp3) is 0.316. The van der Waals surface area contributed by atoms with E-state index in [0.29, 0.717) is 0 Å². The van der Waals surface area contributed by atoms with Gasteiger partial charge in [-0.1, -0.05) is 42.5 Å². The van der Waals surface area contributed by atoms with E-state index in [0.717, 1.165) is 50.5 Å². The average molecular weight is 306 g/mol. The molecule has 1 aliphatic rings. The minimum Gasteiger partial charge on any atom is -0.352 e. The van der Waals surface area contributed by atoms with Gasteiger partial charge in [-0.3, -0.25) is 10.00 Å². The molecule has 2 aromatic carbocycles. The van der Waals surface area contributed by atoms with Gasteiger partial charge in [-0.2, -0.15) is 5.10 Å². The van der Waals surface area contributed by atoms with Crippen molar-refractivity contribution >= 4 is 16.7 Å². The average Bonchev–Trinajstić information content (AvgIpc) is 3.05. The summed E-state index contributed by atoms with van der Waals surface area (Å²) in [6.45, 7) is 5.44. The number of piperazine rings is 1. The minimum absolute atomic E-state index is 1.05. The van der Waals surface area contributed by atoms with E-state index in [9.17, 15) is 0 Å². The molecule has 0 spiro atoms. The van der Waals surface area contributed by atoms with Gasteiger partial charge in [0, 0.05) is 38.1 Å². The molecule has 1 aliphatic heterocycles. The Hall–Kier alpha value is -2.33. The number of aromatic amines is 1. The quantitative estimate of drug-likeness (QED) is 0.805. The highest BCUT2D eigenvalue weighted by Gasteiger charge is 2.20. The highest BCUT2D eigenvalue weighted by Crippen LogP contribution is 2.24. The maximum absolute atomic E-state index is 4.52. The van der Waals surface area contributed by atoms with Crippen molar-refractivity contribution in [3.63, 3.8) is 0 Å². The molecule has 118 valence electrons. The van der Waals surface area contributed by atoms with Crippen molar-refractivity contribution in [3.8, 4) is 0 Å². The molecule has 0 atom stereocenters. The summed E-state index contributed by atoms with van der Waals surface area (Å²) in [4.78, 5) is 4.95. The van der Waals surface area contributed by atoms with Gasteiger partial charge in [0.2, 0.25) is 0 Å². The molecule has 4 heteroatoms. The largest absolute Gasteiger partial charge is 0.352 e. The fourth-order valence-corrected chi connectivity index (χ4v) is 3.31. The molecule has 1 fully saturated rings. The van der Waals surface area contributed by atoms with Crippen LogP contribution in [-0.4, -0.2) is 47.8 Å². The Bertz CT molecular complexity index is 757. The second kappa shape index (κ2) is 6.42. The molecule has 0 amide bonds. The monoisotopic (exact) mass is 306 g/mol. The van der Waals surface area contributed by atoms with Crippen LogP contribution in [-0.2, 0) is 6.42 Å². The number of aromatic nitrogens is 2. The summed E-state index contributed by atoms with van der Waals surface area (Å²) in [7, 11) is 0. The number of anilines is 1. The van der Waals surface area contributed by atoms with Gasteiger partial charge in [-0.05, 0) is 24.1 Å². The summed E-state index contributed by atoms with van der Waals surface area (Å²) in [6.07, 6.45) is 1.13. The van der Waals surface area contributed by atoms with Gasteiger partial charge in [-0.15, -0.1) is 0 Å². The Labute approximate surface area is 136 Å². The van der Waals surface area contributed by atoms with Crippen LogP contribution in [0.2, 0.25) is 0 Å². The molecule has 4 nitrogen and oxygen atoms in total. The van der Waals surface area contributed by atoms with Crippen molar-refractivity contribution in [1.29, 1.82) is 0 Å². The molecular formula is C19H22N4. The molecule has 0 unspecified atom stereocenters. The molecule has 1 N–H and O–H groups in total. The summed E-state index contributed by atoms with van der Waals surface area (Å²) < 4.78 is 0. The maximum atomic E-state index is 4.52. The van der Waals surface area contributed by atoms with Crippen molar-refractivity contribution in [3.05, 3.63) is 60.2 Å². The van der Waals surface area contributed by atoms with Crippen molar-refractivity contribution in [2.24, 2.45) is 0 Å². The van der Waals surface area contributed by atoms with E-state index in [2.05, 4.69) is 68.5 Å². The van der Waals surface area contributed by atoms with Gasteiger partial charge in [0.05, 0.1) is 5.52 Å². The van der Waals surface area contributed by atoms with Crippen LogP contribution >= 0.6 is 0 Å². The third kappa shape index (κ3) is 3.08. The number of fused-ring (bicyclic) bond motifs is 1. The predicted molar refractivity (Wildman–Crippen MR) is 94.9 cm³/mol. The first kappa shape index (κ1) is 14.3. The molecule has 1 saturated heterocycles. The van der Waals surface area contributed by atoms with Crippen LogP contribution in [0.5, 0.6) is 0 Å². The van der Waals surface area contributed by atoms with Crippen LogP contribution in [0.1, 0.15) is 5.56 Å². The Balaban J connectivity index is 1.36. The number of hydrogen-bond acceptors (Lipinski definition) is 3. The van der Waals surface area contributed by atoms with E-state index in [1.165, 1.54) is 10.9 Å². The van der Waals surface area contributed by atoms with Gasteiger partial charge in [0.15, 0.2) is 5.82 Å². The third-order valence-corrected chi connectivity index (χ3v) is 4.68. The molecule has 0 radical (unpaired) electrons. The van der Waals surface area contributed by atoms with Crippen molar-refractivity contribution in [2.45, 2.75) is 6.42 Å². The zero-order valence-electron chi connectivity index (χ0n) is 13.3. The molecule has 3 aromatic rings. The Morgan fingerprint density at radius 1 is 0.870 bits per heavy atom. The van der Waals surface area contributed by atoms with E-state index in [4.69, 9.17) is 0 Å². The number of nitrogens with zero attached hydrogens (tertiary/aromatic N) is 3. The molecule has 23 heavy (non-hydrogen) atoms. The number of hydrogen-bond donors (Lipinski definition) is 1. The van der Waals surface area contributed by atoms with E-state index >= 15 is 0 Å². The van der Waals surface area contributed by atoms with Crippen LogP contribution < -0.4 is 4.90 Å². The van der Waals surface area contributed by atoms with Gasteiger partial charge in [0.25, 0.3) is 0 Å². The first-order valence-electron chi connectivity index (χ1n) is 8.34. The van der Waals surface area contributed by atoms with Gasteiger partial charge >= 0.3 is 0 Å². The van der Waals surface area contributed by atoms with E-state index in [-0.39, 0.29) is 0 Å². The standard InChI is InChI=1S/C19H22N4/c1-2-6-16(7-3-1)10-11-22-12-14-23(15-13-22)19-17-8-4-5-9-18(17)20-21-19/h1-9H,10-15H2,(H,20,21). The smallest absolute Gasteiger partial charge is 0.158 e. The lowest BCUT2D eigenvalue weighted by Gasteiger charge is -2.35. The predicted octanol–water partition coefficient (Wildman–Crippen LogP) is 2.93. The zero-order valence-corrected chi connectivity index (χ0v) is 13.3. The Morgan fingerprint density at radius 3 is 2.43 bits per heavy atom. The molecule has 0 aliphatic carbocycles. The van der Waals surface area contributed by atoms with Crippen molar-refractivity contribution < 1.29 is 0 Å². The Morgan fingerprint density at radius 2 is 1.61 bits per heavy atom. The van der Waals surface area contributed by atoms with Crippen LogP contribution in [0.3, 0.4) is 0 Å². The van der Waals surface area contributed by atoms with Gasteiger partial charge < -0.3 is 4.90 Å². The molecular weight excluding hydrogens is 284 g/mol. The summed E-state index contributed by atoms with van der Waals surface area (Å²) in [5.41, 5.74) is 2.54. The summed E-state index contributed by atoms with van der Waals surface area (Å²) >= 11 is 0. The topological polar surface area (TPSA) is 35.2 Å². The molecule has 0 saturated carbocycles. The number of rotatable bonds is 4. The van der Waals surface area contributed by atoms with E-state index < -0.39 is 0 Å². The molecule has 4 rings (SSSR count). The normalized spacial score (nSPS) is 16.1. The van der Waals surface area contributed by atoms with E-state index in [1.807, 2.05) is 6.07 Å². The van der Waals surface area contributed by atoms with Crippen LogP contribution in [0.4, 0.5) is 5.82 Å². The number of nitrogens with one attached hydrogen (secondary N) is 1. The SMILES string of the molecule is c1ccc(CCN2CCN(c3n[nH]c4ccccc34)CC2)cc1. The van der Waals surface area contributed by atoms with Gasteiger partial charge in [0.1, 0.15) is 0 Å². The molecule has 2 heterocycles. The molecule has 1 aromatic heterocycles. The second-order valence-electron chi connectivity index (χ2n) is 6.16. The second-order valence-corrected chi connectivity index (χ2v) is 6.16. The first-order chi connectivity index (χ1) is 11.4. The van der Waals surface area contributed by atoms with Crippen LogP contribution in [0.15, 0.2) is 54.6 Å². The first-order valence-corrected chi connectivity index (χ1v) is 8.34. The number of benzene rings is 2. The fourth-order valence-electron chi connectivity index (χ4n) is 3.31. The van der Waals surface area contributed by atoms with Crippen LogP contribution in [0, 0.1) is 0 Å². The molecule has 0 bridgehead atoms. The number of para-hydroxylation sites is 1. The van der Waals surface area contributed by atoms with Gasteiger partial charge in [-0.25, -0.2) is 0 Å². The third-order valence-electron chi connectivity index (χ3n) is 4.68. The lowest BCUT2D eigenvalue weighted by Crippen LogP contribution is -2.47. The zero-order chi connectivity index (χ0) is 15.5. The summed E-state index contributed by atoms with van der Waals surface area (Å²) in [5.74, 6) is 1.10. The van der Waals surface area contributed by atoms with Crippen molar-refractivity contribution in [1.82, 2.24) is 15.1 Å². The highest BCUT2D eigenvalue weighted by atomic mass is 15.3. The summed E-state index contributed by atoms with van der Waals surface area (Å²) in [5, 5.41) is 8.89. The Kier molecular flexibility index (Phi) is 3.99. The summed E-state index contributed by atoms with van der Waals surface area (Å²) in [6, 6.07) is 19.1. The van der Waals surface area contributed by atoms with E-state index in [1.54, 1.807) is 0 Å². The lowest BCUT2D eigenvalue weighted by molar-refractivity contribution is 0.260. The minimum atomic E-state index is 1.05. The van der Waals surface area contributed by atoms with Crippen LogP contribution in [0.25, 0.3) is 10.9 Å². The lowest BCUT2D eigenvalue weighted by atomic mass is 10.1. The number of H-pyrrole nitrogens is 1.